The van der Waals surface area contributed by atoms with Crippen molar-refractivity contribution in [3.05, 3.63) is 54.1 Å². The normalized spacial score (nSPS) is 10.9. The van der Waals surface area contributed by atoms with Crippen LogP contribution >= 0.6 is 0 Å². The molecule has 0 saturated carbocycles. The van der Waals surface area contributed by atoms with Gasteiger partial charge in [0.1, 0.15) is 0 Å². The molecular weight excluding hydrogens is 208 g/mol. The smallest absolute Gasteiger partial charge is 0.0632 e. The standard InChI is InChI=1S/C15H16N2/c1-3-4-5-15-11-14(7-9-17-15)13-6-8-16-12(2)10-13/h4-11H,3H2,1-2H3. The van der Waals surface area contributed by atoms with Crippen molar-refractivity contribution in [2.45, 2.75) is 20.3 Å². The van der Waals surface area contributed by atoms with Crippen LogP contribution in [0.2, 0.25) is 0 Å². The van der Waals surface area contributed by atoms with Crippen LogP contribution in [0.1, 0.15) is 24.7 Å². The summed E-state index contributed by atoms with van der Waals surface area (Å²) >= 11 is 0. The van der Waals surface area contributed by atoms with Crippen LogP contribution in [0.15, 0.2) is 42.7 Å². The predicted octanol–water partition coefficient (Wildman–Crippen LogP) is 3.88. The van der Waals surface area contributed by atoms with Crippen LogP contribution in [-0.2, 0) is 0 Å². The van der Waals surface area contributed by atoms with Crippen molar-refractivity contribution in [1.29, 1.82) is 0 Å². The average molecular weight is 224 g/mol. The predicted molar refractivity (Wildman–Crippen MR) is 71.5 cm³/mol. The van der Waals surface area contributed by atoms with Gasteiger partial charge in [0.05, 0.1) is 5.69 Å². The first kappa shape index (κ1) is 11.5. The molecule has 2 rings (SSSR count). The minimum atomic E-state index is 0.999. The Bertz CT molecular complexity index is 530. The molecule has 2 heterocycles. The maximum absolute atomic E-state index is 4.32. The lowest BCUT2D eigenvalue weighted by atomic mass is 10.1. The molecule has 2 heteroatoms. The summed E-state index contributed by atoms with van der Waals surface area (Å²) < 4.78 is 0. The number of rotatable bonds is 3. The molecule has 0 atom stereocenters. The van der Waals surface area contributed by atoms with Gasteiger partial charge in [0.25, 0.3) is 0 Å². The largest absolute Gasteiger partial charge is 0.262 e. The van der Waals surface area contributed by atoms with E-state index >= 15 is 0 Å². The molecule has 0 aliphatic heterocycles. The van der Waals surface area contributed by atoms with E-state index in [1.807, 2.05) is 31.5 Å². The first-order chi connectivity index (χ1) is 8.29. The molecule has 0 bridgehead atoms. The SMILES string of the molecule is CCC=Cc1cc(-c2ccnc(C)c2)ccn1. The zero-order valence-corrected chi connectivity index (χ0v) is 10.2. The van der Waals surface area contributed by atoms with Gasteiger partial charge in [-0.2, -0.15) is 0 Å². The zero-order chi connectivity index (χ0) is 12.1. The Balaban J connectivity index is 2.36. The van der Waals surface area contributed by atoms with Crippen molar-refractivity contribution in [3.63, 3.8) is 0 Å². The van der Waals surface area contributed by atoms with E-state index in [0.29, 0.717) is 0 Å². The molecule has 0 amide bonds. The van der Waals surface area contributed by atoms with Crippen molar-refractivity contribution < 1.29 is 0 Å². The number of nitrogens with zero attached hydrogens (tertiary/aromatic N) is 2. The molecule has 2 nitrogen and oxygen atoms in total. The highest BCUT2D eigenvalue weighted by molar-refractivity contribution is 5.65. The highest BCUT2D eigenvalue weighted by Gasteiger charge is 1.99. The van der Waals surface area contributed by atoms with Gasteiger partial charge in [0, 0.05) is 18.1 Å². The highest BCUT2D eigenvalue weighted by atomic mass is 14.7. The van der Waals surface area contributed by atoms with Gasteiger partial charge < -0.3 is 0 Å². The lowest BCUT2D eigenvalue weighted by Gasteiger charge is -2.03. The van der Waals surface area contributed by atoms with E-state index in [2.05, 4.69) is 41.2 Å². The van der Waals surface area contributed by atoms with Gasteiger partial charge >= 0.3 is 0 Å². The Morgan fingerprint density at radius 1 is 1.06 bits per heavy atom. The lowest BCUT2D eigenvalue weighted by molar-refractivity contribution is 1.20. The van der Waals surface area contributed by atoms with Crippen molar-refractivity contribution in [2.24, 2.45) is 0 Å². The van der Waals surface area contributed by atoms with Crippen LogP contribution in [0.3, 0.4) is 0 Å². The first-order valence-electron chi connectivity index (χ1n) is 5.85. The van der Waals surface area contributed by atoms with E-state index in [9.17, 15) is 0 Å². The van der Waals surface area contributed by atoms with Crippen LogP contribution in [0, 0.1) is 6.92 Å². The molecule has 0 saturated heterocycles. The molecule has 17 heavy (non-hydrogen) atoms. The number of hydrogen-bond acceptors (Lipinski definition) is 2. The van der Waals surface area contributed by atoms with E-state index in [4.69, 9.17) is 0 Å². The summed E-state index contributed by atoms with van der Waals surface area (Å²) in [6.45, 7) is 4.12. The topological polar surface area (TPSA) is 25.8 Å². The lowest BCUT2D eigenvalue weighted by Crippen LogP contribution is -1.85. The molecule has 0 fully saturated rings. The molecule has 2 aromatic rings. The van der Waals surface area contributed by atoms with E-state index in [0.717, 1.165) is 17.8 Å². The molecular formula is C15H16N2. The van der Waals surface area contributed by atoms with Crippen LogP contribution in [-0.4, -0.2) is 9.97 Å². The summed E-state index contributed by atoms with van der Waals surface area (Å²) in [6, 6.07) is 8.23. The minimum absolute atomic E-state index is 0.999. The van der Waals surface area contributed by atoms with Gasteiger partial charge in [-0.1, -0.05) is 13.0 Å². The molecule has 0 radical (unpaired) electrons. The second-order valence-corrected chi connectivity index (χ2v) is 3.97. The minimum Gasteiger partial charge on any atom is -0.262 e. The maximum Gasteiger partial charge on any atom is 0.0632 e. The third-order valence-corrected chi connectivity index (χ3v) is 2.54. The van der Waals surface area contributed by atoms with Crippen molar-refractivity contribution in [2.75, 3.05) is 0 Å². The fraction of sp³-hybridized carbons (Fsp3) is 0.200. The summed E-state index contributed by atoms with van der Waals surface area (Å²) in [4.78, 5) is 8.53. The summed E-state index contributed by atoms with van der Waals surface area (Å²) in [5, 5.41) is 0. The van der Waals surface area contributed by atoms with Crippen LogP contribution in [0.5, 0.6) is 0 Å². The van der Waals surface area contributed by atoms with Gasteiger partial charge in [-0.25, -0.2) is 0 Å². The first-order valence-corrected chi connectivity index (χ1v) is 5.85. The maximum atomic E-state index is 4.32. The van der Waals surface area contributed by atoms with E-state index in [-0.39, 0.29) is 0 Å². The Kier molecular flexibility index (Phi) is 3.66. The number of aryl methyl sites for hydroxylation is 1. The molecule has 0 aliphatic carbocycles. The number of pyridine rings is 2. The molecule has 0 spiro atoms. The molecule has 0 N–H and O–H groups in total. The molecule has 0 aromatic carbocycles. The van der Waals surface area contributed by atoms with Gasteiger partial charge in [0.2, 0.25) is 0 Å². The highest BCUT2D eigenvalue weighted by Crippen LogP contribution is 2.19. The third-order valence-electron chi connectivity index (χ3n) is 2.54. The summed E-state index contributed by atoms with van der Waals surface area (Å²) in [5.41, 5.74) is 4.40. The van der Waals surface area contributed by atoms with Crippen molar-refractivity contribution in [3.8, 4) is 11.1 Å². The molecule has 2 aromatic heterocycles. The van der Waals surface area contributed by atoms with E-state index in [1.165, 1.54) is 11.1 Å². The second-order valence-electron chi connectivity index (χ2n) is 3.97. The Morgan fingerprint density at radius 2 is 1.76 bits per heavy atom. The van der Waals surface area contributed by atoms with Crippen molar-refractivity contribution >= 4 is 6.08 Å². The van der Waals surface area contributed by atoms with Gasteiger partial charge in [0.15, 0.2) is 0 Å². The van der Waals surface area contributed by atoms with E-state index < -0.39 is 0 Å². The van der Waals surface area contributed by atoms with Gasteiger partial charge in [-0.15, -0.1) is 0 Å². The van der Waals surface area contributed by atoms with Gasteiger partial charge in [-0.05, 0) is 54.8 Å². The van der Waals surface area contributed by atoms with Crippen LogP contribution in [0.4, 0.5) is 0 Å². The fourth-order valence-electron chi connectivity index (χ4n) is 1.68. The van der Waals surface area contributed by atoms with Crippen LogP contribution in [0.25, 0.3) is 17.2 Å². The monoisotopic (exact) mass is 224 g/mol. The average Bonchev–Trinajstić information content (AvgIpc) is 2.37. The zero-order valence-electron chi connectivity index (χ0n) is 10.2. The van der Waals surface area contributed by atoms with E-state index in [1.54, 1.807) is 0 Å². The second kappa shape index (κ2) is 5.39. The Morgan fingerprint density at radius 3 is 2.47 bits per heavy atom. The summed E-state index contributed by atoms with van der Waals surface area (Å²) in [6.07, 6.45) is 8.88. The molecule has 86 valence electrons. The number of allylic oxidation sites excluding steroid dienone is 1. The summed E-state index contributed by atoms with van der Waals surface area (Å²) in [7, 11) is 0. The Hall–Kier alpha value is -1.96. The van der Waals surface area contributed by atoms with Crippen LogP contribution < -0.4 is 0 Å². The fourth-order valence-corrected chi connectivity index (χ4v) is 1.68. The molecule has 0 aliphatic rings. The van der Waals surface area contributed by atoms with Crippen molar-refractivity contribution in [1.82, 2.24) is 9.97 Å². The number of hydrogen-bond donors (Lipinski definition) is 0. The third kappa shape index (κ3) is 3.00. The molecule has 0 unspecified atom stereocenters. The number of aromatic nitrogens is 2. The Labute approximate surface area is 102 Å². The van der Waals surface area contributed by atoms with Gasteiger partial charge in [-0.3, -0.25) is 9.97 Å². The quantitative estimate of drug-likeness (QED) is 0.790. The summed E-state index contributed by atoms with van der Waals surface area (Å²) in [5.74, 6) is 0.